The Labute approximate surface area is 668 Å². The lowest BCUT2D eigenvalue weighted by Crippen LogP contribution is -2.14. The van der Waals surface area contributed by atoms with E-state index in [2.05, 4.69) is 44.4 Å². The van der Waals surface area contributed by atoms with Crippen molar-refractivity contribution in [3.8, 4) is 22.6 Å². The van der Waals surface area contributed by atoms with Crippen molar-refractivity contribution in [3.05, 3.63) is 361 Å². The Balaban J connectivity index is 0.000000141. The fourth-order valence-electron chi connectivity index (χ4n) is 12.1. The molecule has 0 bridgehead atoms. The maximum Gasteiger partial charge on any atom is 0.261 e. The molecule has 15 aromatic rings. The van der Waals surface area contributed by atoms with Crippen LogP contribution >= 0.6 is 0 Å². The average molecular weight is 1620 g/mol. The zero-order chi connectivity index (χ0) is 81.6. The van der Waals surface area contributed by atoms with Gasteiger partial charge in [0, 0.05) is 27.5 Å². The first-order valence-electron chi connectivity index (χ1n) is 36.3. The van der Waals surface area contributed by atoms with Gasteiger partial charge in [-0.3, -0.25) is 23.6 Å². The molecule has 0 unspecified atom stereocenters. The second-order valence-corrected chi connectivity index (χ2v) is 36.6. The molecular weight excluding hydrogens is 1530 g/mol. The number of aromatic hydroxyl groups is 2. The van der Waals surface area contributed by atoms with Crippen LogP contribution in [0.5, 0.6) is 11.5 Å². The number of aryl methyl sites for hydroxylation is 5. The van der Waals surface area contributed by atoms with Gasteiger partial charge in [0.1, 0.15) is 11.5 Å². The molecule has 0 atom stereocenters. The summed E-state index contributed by atoms with van der Waals surface area (Å²) in [6.45, 7) is 16.2. The van der Waals surface area contributed by atoms with E-state index in [1.807, 2.05) is 211 Å². The molecule has 114 heavy (non-hydrogen) atoms. The van der Waals surface area contributed by atoms with Crippen LogP contribution in [-0.2, 0) is 62.0 Å². The third-order valence-electron chi connectivity index (χ3n) is 18.4. The summed E-state index contributed by atoms with van der Waals surface area (Å²) >= 11 is 0. The van der Waals surface area contributed by atoms with Gasteiger partial charge in [-0.05, 0) is 234 Å². The molecule has 0 fully saturated rings. The highest BCUT2D eigenvalue weighted by Gasteiger charge is 2.22. The van der Waals surface area contributed by atoms with Crippen molar-refractivity contribution in [3.63, 3.8) is 0 Å². The molecule has 0 aromatic heterocycles. The predicted molar refractivity (Wildman–Crippen MR) is 464 cm³/mol. The fourth-order valence-corrected chi connectivity index (χ4v) is 17.5. The number of anilines is 5. The summed E-state index contributed by atoms with van der Waals surface area (Å²) in [5.74, 6) is 0.174. The highest BCUT2D eigenvalue weighted by molar-refractivity contribution is 7.94. The number of nitrogens with one attached hydrogen (secondary N) is 5. The second-order valence-electron chi connectivity index (χ2n) is 28.2. The van der Waals surface area contributed by atoms with Crippen LogP contribution in [0.15, 0.2) is 352 Å². The first kappa shape index (κ1) is 82.6. The van der Waals surface area contributed by atoms with E-state index < -0.39 is 50.1 Å². The van der Waals surface area contributed by atoms with Gasteiger partial charge >= 0.3 is 0 Å². The van der Waals surface area contributed by atoms with E-state index in [0.29, 0.717) is 28.4 Å². The van der Waals surface area contributed by atoms with E-state index in [1.165, 1.54) is 48.5 Å². The number of fused-ring (bicyclic) bond motifs is 4. The van der Waals surface area contributed by atoms with Crippen LogP contribution in [-0.4, -0.2) is 52.3 Å². The SMILES string of the molecule is CC(C)(C)c1ccc(S(=O)(=O)Nc2ccc(O)cc2)cc1.CCc1ccc(S(=O)(=O)Nc2cccc3ccc(C)cc23)cc1.Cc1ccc(S(=O)(=O)Nc2cccc3ccc(C)cc23)cc1.Cc1ccc2cccc(NS(=O)(=O)c3ccc4ccccc4c3)c2c1.O=S(=O)(Nc1ccc(O)cc1)c1ccc(-c2ccccc2)cc1. The molecule has 7 N–H and O–H groups in total. The number of phenols is 2. The van der Waals surface area contributed by atoms with E-state index >= 15 is 0 Å². The second kappa shape index (κ2) is 35.6. The molecule has 0 spiro atoms. The topological polar surface area (TPSA) is 271 Å². The van der Waals surface area contributed by atoms with E-state index in [-0.39, 0.29) is 41.4 Å². The normalized spacial score (nSPS) is 11.6. The van der Waals surface area contributed by atoms with Crippen LogP contribution in [0, 0.1) is 27.7 Å². The van der Waals surface area contributed by atoms with Crippen LogP contribution in [0.3, 0.4) is 0 Å². The van der Waals surface area contributed by atoms with Crippen molar-refractivity contribution in [1.82, 2.24) is 0 Å². The Bertz CT molecular complexity index is 6520. The van der Waals surface area contributed by atoms with E-state index in [1.54, 1.807) is 103 Å². The maximum atomic E-state index is 12.9. The standard InChI is InChI=1S/C21H17NO2S.C19H19NO2S.C18H15NO3S.C18H17NO2S.C16H19NO3S/c1-15-9-10-17-7-4-8-21(20(17)13-15)22-25(23,24)19-12-11-16-5-2-3-6-18(16)14-19;1-3-15-8-11-17(12-9-15)23(21,22)20-19-6-4-5-16-10-7-14(2)13-18(16)19;20-17-10-8-16(9-11-17)19-23(21,22)18-12-6-15(7-13-18)14-4-2-1-3-5-14;1-13-7-10-16(11-8-13)22(20,21)19-18-5-3-4-15-9-6-14(2)12-17(15)18;1-16(2,3)12-4-10-15(11-5-12)21(19,20)17-13-6-8-14(18)9-7-13/h2-14,22H,1H3;4-13,20H,3H2,1-2H3;1-13,19-20H;3-12,19H,1-2H3;4-11,17-18H,1-3H3. The summed E-state index contributed by atoms with van der Waals surface area (Å²) in [5, 5.41) is 26.1. The highest BCUT2D eigenvalue weighted by Crippen LogP contribution is 2.33. The summed E-state index contributed by atoms with van der Waals surface area (Å²) in [5.41, 5.74) is 11.1. The summed E-state index contributed by atoms with van der Waals surface area (Å²) < 4.78 is 138. The minimum atomic E-state index is -3.66. The molecule has 0 radical (unpaired) electrons. The van der Waals surface area contributed by atoms with Crippen molar-refractivity contribution in [1.29, 1.82) is 0 Å². The number of hydrogen-bond donors (Lipinski definition) is 7. The van der Waals surface area contributed by atoms with Gasteiger partial charge in [-0.15, -0.1) is 0 Å². The summed E-state index contributed by atoms with van der Waals surface area (Å²) in [4.78, 5) is 1.20. The number of benzene rings is 15. The summed E-state index contributed by atoms with van der Waals surface area (Å²) in [7, 11) is -18.1. The molecule has 15 aromatic carbocycles. The van der Waals surface area contributed by atoms with Gasteiger partial charge in [0.05, 0.1) is 41.5 Å². The Hall–Kier alpha value is -12.3. The number of sulfonamides is 5. The molecule has 0 amide bonds. The lowest BCUT2D eigenvalue weighted by atomic mass is 9.87. The monoisotopic (exact) mass is 1610 g/mol. The zero-order valence-corrected chi connectivity index (χ0v) is 68.0. The van der Waals surface area contributed by atoms with Gasteiger partial charge < -0.3 is 10.2 Å². The van der Waals surface area contributed by atoms with Crippen molar-refractivity contribution < 1.29 is 52.3 Å². The van der Waals surface area contributed by atoms with Crippen LogP contribution in [0.2, 0.25) is 0 Å². The molecule has 0 aliphatic heterocycles. The Kier molecular flexibility index (Phi) is 25.8. The van der Waals surface area contributed by atoms with Crippen molar-refractivity contribution in [2.24, 2.45) is 0 Å². The van der Waals surface area contributed by atoms with Gasteiger partial charge in [0.2, 0.25) is 0 Å². The van der Waals surface area contributed by atoms with Crippen LogP contribution in [0.1, 0.15) is 61.1 Å². The zero-order valence-electron chi connectivity index (χ0n) is 63.9. The Morgan fingerprint density at radius 1 is 0.272 bits per heavy atom. The van der Waals surface area contributed by atoms with Gasteiger partial charge in [0.25, 0.3) is 50.1 Å². The maximum absolute atomic E-state index is 12.9. The number of hydrogen-bond acceptors (Lipinski definition) is 12. The van der Waals surface area contributed by atoms with Crippen molar-refractivity contribution in [2.45, 2.75) is 91.7 Å². The molecular formula is C92H87N5O12S5. The summed E-state index contributed by atoms with van der Waals surface area (Å²) in [6, 6.07) is 96.6. The molecule has 0 saturated heterocycles. The molecule has 15 rings (SSSR count). The average Bonchev–Trinajstić information content (AvgIpc) is 0.793. The first-order chi connectivity index (χ1) is 54.2. The fraction of sp³-hybridized carbons (Fsp3) is 0.109. The van der Waals surface area contributed by atoms with Crippen molar-refractivity contribution in [2.75, 3.05) is 23.6 Å². The van der Waals surface area contributed by atoms with Gasteiger partial charge in [0.15, 0.2) is 0 Å². The summed E-state index contributed by atoms with van der Waals surface area (Å²) in [6.07, 6.45) is 0.885. The molecule has 582 valence electrons. The third-order valence-corrected chi connectivity index (χ3v) is 25.3. The van der Waals surface area contributed by atoms with Gasteiger partial charge in [-0.2, -0.15) is 0 Å². The van der Waals surface area contributed by atoms with Crippen LogP contribution in [0.25, 0.3) is 54.2 Å². The lowest BCUT2D eigenvalue weighted by Gasteiger charge is -2.19. The molecule has 0 heterocycles. The predicted octanol–water partition coefficient (Wildman–Crippen LogP) is 21.2. The van der Waals surface area contributed by atoms with Crippen molar-refractivity contribution >= 4 is 122 Å². The third kappa shape index (κ3) is 21.7. The van der Waals surface area contributed by atoms with Gasteiger partial charge in [-0.25, -0.2) is 42.1 Å². The first-order valence-corrected chi connectivity index (χ1v) is 43.7. The van der Waals surface area contributed by atoms with Crippen LogP contribution < -0.4 is 23.6 Å². The molecule has 0 saturated carbocycles. The smallest absolute Gasteiger partial charge is 0.261 e. The Morgan fingerprint density at radius 2 is 0.579 bits per heavy atom. The highest BCUT2D eigenvalue weighted by atomic mass is 32.2. The minimum absolute atomic E-state index is 0.0212. The number of rotatable bonds is 17. The van der Waals surface area contributed by atoms with Crippen LogP contribution in [0.4, 0.5) is 28.4 Å². The molecule has 22 heteroatoms. The Morgan fingerprint density at radius 3 is 0.974 bits per heavy atom. The van der Waals surface area contributed by atoms with E-state index in [0.717, 1.165) is 94.0 Å². The van der Waals surface area contributed by atoms with Gasteiger partial charge in [-0.1, -0.05) is 232 Å². The van der Waals surface area contributed by atoms with E-state index in [4.69, 9.17) is 0 Å². The van der Waals surface area contributed by atoms with E-state index in [9.17, 15) is 52.3 Å². The largest absolute Gasteiger partial charge is 0.508 e. The molecule has 0 aliphatic carbocycles. The quantitative estimate of drug-likeness (QED) is 0.0420. The molecule has 17 nitrogen and oxygen atoms in total. The number of phenolic OH excluding ortho intramolecular Hbond substituents is 2. The minimum Gasteiger partial charge on any atom is -0.508 e. The molecule has 0 aliphatic rings. The lowest BCUT2D eigenvalue weighted by molar-refractivity contribution is 0.475.